The Hall–Kier alpha value is -0.0800. The van der Waals surface area contributed by atoms with Crippen LogP contribution in [0.2, 0.25) is 4.34 Å². The summed E-state index contributed by atoms with van der Waals surface area (Å²) in [4.78, 5) is 3.78. The van der Waals surface area contributed by atoms with Crippen molar-refractivity contribution in [1.29, 1.82) is 0 Å². The largest absolute Gasteiger partial charge is 0.238 e. The monoisotopic (exact) mass is 132 g/mol. The lowest BCUT2D eigenvalue weighted by atomic mass is 10.8. The topological polar surface area (TPSA) is 12.9 Å². The third-order valence-corrected chi connectivity index (χ3v) is 1.51. The van der Waals surface area contributed by atoms with Gasteiger partial charge in [-0.25, -0.2) is 4.98 Å². The van der Waals surface area contributed by atoms with E-state index >= 15 is 0 Å². The second-order valence-corrected chi connectivity index (χ2v) is 2.92. The van der Waals surface area contributed by atoms with Crippen LogP contribution in [0.1, 0.15) is 5.01 Å². The summed E-state index contributed by atoms with van der Waals surface area (Å²) in [5, 5.41) is 0.963. The van der Waals surface area contributed by atoms with Crippen molar-refractivity contribution in [2.24, 2.45) is 0 Å². The maximum absolute atomic E-state index is 5.46. The number of thiazole rings is 1. The van der Waals surface area contributed by atoms with Gasteiger partial charge in [0.2, 0.25) is 0 Å². The molecule has 1 radical (unpaired) electrons. The zero-order valence-corrected chi connectivity index (χ0v) is 5.31. The third-order valence-electron chi connectivity index (χ3n) is 0.539. The van der Waals surface area contributed by atoms with Gasteiger partial charge >= 0.3 is 0 Å². The van der Waals surface area contributed by atoms with E-state index in [2.05, 4.69) is 11.2 Å². The average molecular weight is 133 g/mol. The van der Waals surface area contributed by atoms with Gasteiger partial charge < -0.3 is 0 Å². The minimum absolute atomic E-state index is 0.637. The molecule has 37 valence electrons. The van der Waals surface area contributed by atoms with Crippen molar-refractivity contribution < 1.29 is 0 Å². The van der Waals surface area contributed by atoms with Crippen LogP contribution in [0.25, 0.3) is 0 Å². The van der Waals surface area contributed by atoms with E-state index in [4.69, 9.17) is 11.6 Å². The Balaban J connectivity index is 3.04. The van der Waals surface area contributed by atoms with E-state index in [9.17, 15) is 0 Å². The Morgan fingerprint density at radius 2 is 2.57 bits per heavy atom. The van der Waals surface area contributed by atoms with Crippen molar-refractivity contribution in [3.63, 3.8) is 0 Å². The lowest BCUT2D eigenvalue weighted by Crippen LogP contribution is -1.57. The molecule has 0 saturated carbocycles. The van der Waals surface area contributed by atoms with Gasteiger partial charge in [-0.15, -0.1) is 11.3 Å². The predicted molar refractivity (Wildman–Crippen MR) is 30.7 cm³/mol. The molecule has 0 amide bonds. The molecule has 0 unspecified atom stereocenters. The van der Waals surface area contributed by atoms with E-state index in [1.807, 2.05) is 6.92 Å². The highest BCUT2D eigenvalue weighted by Gasteiger charge is 1.89. The lowest BCUT2D eigenvalue weighted by Gasteiger charge is -1.66. The first kappa shape index (κ1) is 5.06. The van der Waals surface area contributed by atoms with Crippen molar-refractivity contribution in [3.8, 4) is 0 Å². The molecular formula is C4H3ClNS. The maximum atomic E-state index is 5.46. The number of nitrogens with zero attached hydrogens (tertiary/aromatic N) is 1. The highest BCUT2D eigenvalue weighted by atomic mass is 35.5. The number of hydrogen-bond acceptors (Lipinski definition) is 2. The van der Waals surface area contributed by atoms with Gasteiger partial charge in [0.05, 0.1) is 5.01 Å². The van der Waals surface area contributed by atoms with Gasteiger partial charge in [-0.3, -0.25) is 0 Å². The zero-order valence-electron chi connectivity index (χ0n) is 3.73. The van der Waals surface area contributed by atoms with Crippen molar-refractivity contribution in [1.82, 2.24) is 4.98 Å². The standard InChI is InChI=1S/C4H3ClNS/c1-3-6-2-4(5)7-3/h1H3. The van der Waals surface area contributed by atoms with Gasteiger partial charge in [0.1, 0.15) is 10.5 Å². The fraction of sp³-hybridized carbons (Fsp3) is 0.250. The fourth-order valence-corrected chi connectivity index (χ4v) is 1.12. The summed E-state index contributed by atoms with van der Waals surface area (Å²) in [5.41, 5.74) is 0. The number of halogens is 1. The van der Waals surface area contributed by atoms with Crippen LogP contribution in [0, 0.1) is 13.1 Å². The van der Waals surface area contributed by atoms with Gasteiger partial charge in [0.15, 0.2) is 0 Å². The zero-order chi connectivity index (χ0) is 5.28. The van der Waals surface area contributed by atoms with Crippen molar-refractivity contribution in [2.75, 3.05) is 0 Å². The summed E-state index contributed by atoms with van der Waals surface area (Å²) in [7, 11) is 0. The van der Waals surface area contributed by atoms with Gasteiger partial charge in [-0.1, -0.05) is 11.6 Å². The first-order chi connectivity index (χ1) is 3.29. The molecule has 1 heterocycles. The maximum Gasteiger partial charge on any atom is 0.123 e. The number of hydrogen-bond donors (Lipinski definition) is 0. The van der Waals surface area contributed by atoms with E-state index in [1.54, 1.807) is 0 Å². The first-order valence-corrected chi connectivity index (χ1v) is 2.99. The fourth-order valence-electron chi connectivity index (χ4n) is 0.298. The van der Waals surface area contributed by atoms with E-state index in [-0.39, 0.29) is 0 Å². The smallest absolute Gasteiger partial charge is 0.123 e. The minimum atomic E-state index is 0.637. The van der Waals surface area contributed by atoms with E-state index < -0.39 is 0 Å². The van der Waals surface area contributed by atoms with Crippen molar-refractivity contribution >= 4 is 22.9 Å². The summed E-state index contributed by atoms with van der Waals surface area (Å²) < 4.78 is 0.637. The molecule has 1 aromatic rings. The summed E-state index contributed by atoms with van der Waals surface area (Å²) in [6, 6.07) is 0. The Morgan fingerprint density at radius 3 is 2.71 bits per heavy atom. The third kappa shape index (κ3) is 1.14. The van der Waals surface area contributed by atoms with Gasteiger partial charge in [0.25, 0.3) is 0 Å². The molecule has 0 fully saturated rings. The Labute approximate surface area is 51.0 Å². The van der Waals surface area contributed by atoms with Crippen molar-refractivity contribution in [2.45, 2.75) is 6.92 Å². The normalized spacial score (nSPS) is 9.43. The second kappa shape index (κ2) is 1.80. The molecule has 0 aliphatic carbocycles. The Kier molecular flexibility index (Phi) is 1.30. The molecule has 0 bridgehead atoms. The minimum Gasteiger partial charge on any atom is -0.238 e. The highest BCUT2D eigenvalue weighted by Crippen LogP contribution is 2.15. The van der Waals surface area contributed by atoms with Crippen LogP contribution in [0.5, 0.6) is 0 Å². The molecule has 0 atom stereocenters. The van der Waals surface area contributed by atoms with E-state index in [0.29, 0.717) is 4.34 Å². The molecule has 1 nitrogen and oxygen atoms in total. The quantitative estimate of drug-likeness (QED) is 0.526. The lowest BCUT2D eigenvalue weighted by molar-refractivity contribution is 1.29. The molecule has 0 aromatic carbocycles. The van der Waals surface area contributed by atoms with E-state index in [0.717, 1.165) is 5.01 Å². The van der Waals surface area contributed by atoms with Crippen LogP contribution < -0.4 is 0 Å². The van der Waals surface area contributed by atoms with Gasteiger partial charge in [-0.2, -0.15) is 0 Å². The molecule has 7 heavy (non-hydrogen) atoms. The summed E-state index contributed by atoms with van der Waals surface area (Å²) >= 11 is 6.90. The molecule has 1 aromatic heterocycles. The molecule has 0 spiro atoms. The first-order valence-electron chi connectivity index (χ1n) is 1.79. The van der Waals surface area contributed by atoms with E-state index in [1.165, 1.54) is 11.3 Å². The SMILES string of the molecule is Cc1n[c]c(Cl)s1. The molecule has 0 saturated heterocycles. The number of aromatic nitrogens is 1. The van der Waals surface area contributed by atoms with Crippen LogP contribution in [-0.4, -0.2) is 4.98 Å². The average Bonchev–Trinajstić information content (AvgIpc) is 1.87. The molecule has 1 rings (SSSR count). The highest BCUT2D eigenvalue weighted by molar-refractivity contribution is 7.15. The predicted octanol–water partition coefficient (Wildman–Crippen LogP) is 1.91. The van der Waals surface area contributed by atoms with Gasteiger partial charge in [0, 0.05) is 0 Å². The van der Waals surface area contributed by atoms with Crippen LogP contribution >= 0.6 is 22.9 Å². The Morgan fingerprint density at radius 1 is 1.86 bits per heavy atom. The number of rotatable bonds is 0. The van der Waals surface area contributed by atoms with Crippen molar-refractivity contribution in [3.05, 3.63) is 15.5 Å². The second-order valence-electron chi connectivity index (χ2n) is 1.12. The van der Waals surface area contributed by atoms with Crippen LogP contribution in [0.4, 0.5) is 0 Å². The number of aryl methyl sites for hydroxylation is 1. The molecule has 0 N–H and O–H groups in total. The molecular weight excluding hydrogens is 130 g/mol. The molecule has 3 heteroatoms. The Bertz CT molecular complexity index is 144. The summed E-state index contributed by atoms with van der Waals surface area (Å²) in [5.74, 6) is 0. The van der Waals surface area contributed by atoms with Crippen LogP contribution in [0.15, 0.2) is 0 Å². The van der Waals surface area contributed by atoms with Crippen LogP contribution in [0.3, 0.4) is 0 Å². The molecule has 0 aliphatic rings. The van der Waals surface area contributed by atoms with Gasteiger partial charge in [-0.05, 0) is 6.92 Å². The molecule has 0 aliphatic heterocycles. The van der Waals surface area contributed by atoms with Crippen LogP contribution in [-0.2, 0) is 0 Å². The summed E-state index contributed by atoms with van der Waals surface area (Å²) in [6.07, 6.45) is 2.60. The summed E-state index contributed by atoms with van der Waals surface area (Å²) in [6.45, 7) is 1.90.